The van der Waals surface area contributed by atoms with Crippen molar-refractivity contribution in [1.82, 2.24) is 14.9 Å². The number of anilines is 1. The zero-order valence-electron chi connectivity index (χ0n) is 16.5. The van der Waals surface area contributed by atoms with E-state index in [0.717, 1.165) is 18.5 Å². The molecule has 0 bridgehead atoms. The second-order valence-electron chi connectivity index (χ2n) is 7.88. The van der Waals surface area contributed by atoms with E-state index in [1.54, 1.807) is 35.4 Å². The van der Waals surface area contributed by atoms with E-state index < -0.39 is 5.60 Å². The maximum atomic E-state index is 12.5. The molecule has 0 radical (unpaired) electrons. The Morgan fingerprint density at radius 1 is 1.18 bits per heavy atom. The molecule has 2 amide bonds. The van der Waals surface area contributed by atoms with Crippen molar-refractivity contribution in [3.05, 3.63) is 54.0 Å². The van der Waals surface area contributed by atoms with Crippen LogP contribution in [0.15, 0.2) is 42.6 Å². The van der Waals surface area contributed by atoms with Crippen LogP contribution in [0.1, 0.15) is 55.7 Å². The summed E-state index contributed by atoms with van der Waals surface area (Å²) >= 11 is 0. The fraction of sp³-hybridized carbons (Fsp3) is 0.429. The first-order valence-electron chi connectivity index (χ1n) is 9.49. The van der Waals surface area contributed by atoms with Crippen molar-refractivity contribution in [2.24, 2.45) is 0 Å². The maximum absolute atomic E-state index is 12.5. The van der Waals surface area contributed by atoms with Crippen LogP contribution >= 0.6 is 0 Å². The molecule has 0 unspecified atom stereocenters. The van der Waals surface area contributed by atoms with Gasteiger partial charge in [-0.3, -0.25) is 4.79 Å². The summed E-state index contributed by atoms with van der Waals surface area (Å²) in [6.07, 6.45) is 3.10. The molecule has 3 rings (SSSR count). The van der Waals surface area contributed by atoms with E-state index in [4.69, 9.17) is 4.74 Å². The molecule has 148 valence electrons. The third-order valence-corrected chi connectivity index (χ3v) is 4.40. The van der Waals surface area contributed by atoms with Crippen molar-refractivity contribution >= 4 is 17.8 Å². The highest BCUT2D eigenvalue weighted by atomic mass is 16.6. The minimum atomic E-state index is -0.522. The van der Waals surface area contributed by atoms with E-state index in [9.17, 15) is 9.59 Å². The van der Waals surface area contributed by atoms with Crippen LogP contribution in [-0.2, 0) is 4.74 Å². The largest absolute Gasteiger partial charge is 0.444 e. The van der Waals surface area contributed by atoms with Gasteiger partial charge in [0, 0.05) is 30.9 Å². The van der Waals surface area contributed by atoms with Crippen molar-refractivity contribution in [2.75, 3.05) is 18.4 Å². The zero-order chi connectivity index (χ0) is 20.1. The standard InChI is InChI=1S/C21H26N4O3/c1-21(2,3)28-20(27)25-13-7-8-15(14-25)16-9-6-10-17(23-16)19(26)24-18-11-4-5-12-22-18/h4-6,9-12,15H,7-8,13-14H2,1-3H3,(H,22,24,26)/t15-/m1/s1. The quantitative estimate of drug-likeness (QED) is 0.872. The van der Waals surface area contributed by atoms with Gasteiger partial charge in [0.2, 0.25) is 0 Å². The molecular weight excluding hydrogens is 356 g/mol. The number of nitrogens with zero attached hydrogens (tertiary/aromatic N) is 3. The summed E-state index contributed by atoms with van der Waals surface area (Å²) in [5, 5.41) is 2.74. The van der Waals surface area contributed by atoms with Gasteiger partial charge in [0.05, 0.1) is 0 Å². The van der Waals surface area contributed by atoms with Gasteiger partial charge >= 0.3 is 6.09 Å². The smallest absolute Gasteiger partial charge is 0.410 e. The molecule has 3 heterocycles. The SMILES string of the molecule is CC(C)(C)OC(=O)N1CCC[C@@H](c2cccc(C(=O)Nc3ccccn3)n2)C1. The van der Waals surface area contributed by atoms with Gasteiger partial charge < -0.3 is 15.0 Å². The first kappa shape index (κ1) is 19.8. The Labute approximate surface area is 165 Å². The van der Waals surface area contributed by atoms with E-state index in [1.165, 1.54) is 0 Å². The summed E-state index contributed by atoms with van der Waals surface area (Å²) in [6.45, 7) is 6.78. The fourth-order valence-corrected chi connectivity index (χ4v) is 3.13. The monoisotopic (exact) mass is 382 g/mol. The average molecular weight is 382 g/mol. The molecule has 7 nitrogen and oxygen atoms in total. The highest BCUT2D eigenvalue weighted by Gasteiger charge is 2.29. The number of amides is 2. The molecule has 0 aromatic carbocycles. The summed E-state index contributed by atoms with van der Waals surface area (Å²) in [6, 6.07) is 10.7. The van der Waals surface area contributed by atoms with E-state index in [1.807, 2.05) is 32.9 Å². The van der Waals surface area contributed by atoms with Gasteiger partial charge in [-0.05, 0) is 57.9 Å². The summed E-state index contributed by atoms with van der Waals surface area (Å²) in [5.74, 6) is 0.248. The molecule has 0 spiro atoms. The van der Waals surface area contributed by atoms with Crippen molar-refractivity contribution < 1.29 is 14.3 Å². The molecule has 1 N–H and O–H groups in total. The lowest BCUT2D eigenvalue weighted by Crippen LogP contribution is -2.42. The van der Waals surface area contributed by atoms with Crippen LogP contribution in [0, 0.1) is 0 Å². The Morgan fingerprint density at radius 2 is 2.00 bits per heavy atom. The van der Waals surface area contributed by atoms with Crippen LogP contribution in [0.5, 0.6) is 0 Å². The molecule has 7 heteroatoms. The molecule has 1 aliphatic heterocycles. The Morgan fingerprint density at radius 3 is 2.71 bits per heavy atom. The lowest BCUT2D eigenvalue weighted by molar-refractivity contribution is 0.0197. The predicted molar refractivity (Wildman–Crippen MR) is 106 cm³/mol. The number of ether oxygens (including phenoxy) is 1. The lowest BCUT2D eigenvalue weighted by atomic mass is 9.94. The highest BCUT2D eigenvalue weighted by Crippen LogP contribution is 2.27. The minimum Gasteiger partial charge on any atom is -0.444 e. The average Bonchev–Trinajstić information content (AvgIpc) is 2.68. The zero-order valence-corrected chi connectivity index (χ0v) is 16.5. The van der Waals surface area contributed by atoms with Crippen molar-refractivity contribution in [1.29, 1.82) is 0 Å². The first-order chi connectivity index (χ1) is 13.3. The van der Waals surface area contributed by atoms with Crippen molar-refractivity contribution in [2.45, 2.75) is 45.1 Å². The van der Waals surface area contributed by atoms with Crippen LogP contribution in [-0.4, -0.2) is 45.6 Å². The molecule has 1 aliphatic rings. The van der Waals surface area contributed by atoms with Gasteiger partial charge in [0.1, 0.15) is 17.1 Å². The third-order valence-electron chi connectivity index (χ3n) is 4.40. The molecule has 1 fully saturated rings. The Hall–Kier alpha value is -2.96. The molecule has 28 heavy (non-hydrogen) atoms. The lowest BCUT2D eigenvalue weighted by Gasteiger charge is -2.34. The van der Waals surface area contributed by atoms with E-state index in [-0.39, 0.29) is 17.9 Å². The van der Waals surface area contributed by atoms with Crippen LogP contribution in [0.4, 0.5) is 10.6 Å². The molecule has 2 aromatic heterocycles. The molecule has 1 saturated heterocycles. The Kier molecular flexibility index (Phi) is 5.92. The predicted octanol–water partition coefficient (Wildman–Crippen LogP) is 3.84. The van der Waals surface area contributed by atoms with Gasteiger partial charge in [-0.25, -0.2) is 14.8 Å². The number of rotatable bonds is 3. The number of nitrogens with one attached hydrogen (secondary N) is 1. The summed E-state index contributed by atoms with van der Waals surface area (Å²) in [5.41, 5.74) is 0.616. The second-order valence-corrected chi connectivity index (χ2v) is 7.88. The van der Waals surface area contributed by atoms with Crippen LogP contribution < -0.4 is 5.32 Å². The van der Waals surface area contributed by atoms with Gasteiger partial charge in [-0.15, -0.1) is 0 Å². The number of hydrogen-bond acceptors (Lipinski definition) is 5. The first-order valence-corrected chi connectivity index (χ1v) is 9.49. The van der Waals surface area contributed by atoms with E-state index in [2.05, 4.69) is 15.3 Å². The molecule has 2 aromatic rings. The van der Waals surface area contributed by atoms with Crippen molar-refractivity contribution in [3.8, 4) is 0 Å². The molecule has 1 atom stereocenters. The topological polar surface area (TPSA) is 84.4 Å². The van der Waals surface area contributed by atoms with Gasteiger partial charge in [0.25, 0.3) is 5.91 Å². The van der Waals surface area contributed by atoms with Gasteiger partial charge in [-0.1, -0.05) is 12.1 Å². The number of carbonyl (C=O) groups excluding carboxylic acids is 2. The molecular formula is C21H26N4O3. The number of piperidine rings is 1. The molecule has 0 aliphatic carbocycles. The Bertz CT molecular complexity index is 833. The summed E-state index contributed by atoms with van der Waals surface area (Å²) in [7, 11) is 0. The second kappa shape index (κ2) is 8.37. The number of likely N-dealkylation sites (tertiary alicyclic amines) is 1. The summed E-state index contributed by atoms with van der Waals surface area (Å²) < 4.78 is 5.49. The van der Waals surface area contributed by atoms with Crippen LogP contribution in [0.25, 0.3) is 0 Å². The Balaban J connectivity index is 1.69. The minimum absolute atomic E-state index is 0.0730. The number of carbonyl (C=O) groups is 2. The van der Waals surface area contributed by atoms with Crippen LogP contribution in [0.3, 0.4) is 0 Å². The molecule has 0 saturated carbocycles. The van der Waals surface area contributed by atoms with E-state index >= 15 is 0 Å². The number of pyridine rings is 2. The number of aromatic nitrogens is 2. The normalized spacial score (nSPS) is 17.1. The van der Waals surface area contributed by atoms with E-state index in [0.29, 0.717) is 24.6 Å². The third kappa shape index (κ3) is 5.28. The summed E-state index contributed by atoms with van der Waals surface area (Å²) in [4.78, 5) is 35.2. The van der Waals surface area contributed by atoms with Crippen LogP contribution in [0.2, 0.25) is 0 Å². The van der Waals surface area contributed by atoms with Crippen molar-refractivity contribution in [3.63, 3.8) is 0 Å². The maximum Gasteiger partial charge on any atom is 0.410 e. The fourth-order valence-electron chi connectivity index (χ4n) is 3.13. The van der Waals surface area contributed by atoms with Gasteiger partial charge in [-0.2, -0.15) is 0 Å². The number of hydrogen-bond donors (Lipinski definition) is 1. The highest BCUT2D eigenvalue weighted by molar-refractivity contribution is 6.02. The van der Waals surface area contributed by atoms with Gasteiger partial charge in [0.15, 0.2) is 0 Å².